The van der Waals surface area contributed by atoms with Crippen LogP contribution in [0.4, 0.5) is 4.39 Å². The normalized spacial score (nSPS) is 18.3. The van der Waals surface area contributed by atoms with E-state index in [0.29, 0.717) is 30.1 Å². The molecule has 1 N–H and O–H groups in total. The number of aliphatic hydroxyl groups excluding tert-OH is 1. The summed E-state index contributed by atoms with van der Waals surface area (Å²) in [4.78, 5) is 15.8. The van der Waals surface area contributed by atoms with Crippen LogP contribution < -0.4 is 9.47 Å². The minimum absolute atomic E-state index is 0.181. The summed E-state index contributed by atoms with van der Waals surface area (Å²) >= 11 is 0. The summed E-state index contributed by atoms with van der Waals surface area (Å²) in [7, 11) is 0. The molecule has 2 aliphatic rings. The number of fused-ring (bicyclic) bond motifs is 2. The molecule has 0 bridgehead atoms. The number of carbonyl (C=O) groups is 1. The number of carbonyl (C=O) groups excluding carboxylic acids is 1. The van der Waals surface area contributed by atoms with Crippen molar-refractivity contribution in [1.29, 1.82) is 0 Å². The van der Waals surface area contributed by atoms with Gasteiger partial charge in [0.05, 0.1) is 18.9 Å². The third-order valence-electron chi connectivity index (χ3n) is 8.03. The highest BCUT2D eigenvalue weighted by molar-refractivity contribution is 5.79. The van der Waals surface area contributed by atoms with Crippen molar-refractivity contribution in [2.75, 3.05) is 13.2 Å². The van der Waals surface area contributed by atoms with E-state index >= 15 is 4.39 Å². The zero-order valence-electron chi connectivity index (χ0n) is 22.0. The van der Waals surface area contributed by atoms with E-state index in [1.165, 1.54) is 0 Å². The molecule has 39 heavy (non-hydrogen) atoms. The highest BCUT2D eigenvalue weighted by Crippen LogP contribution is 2.45. The van der Waals surface area contributed by atoms with Gasteiger partial charge in [0, 0.05) is 40.8 Å². The molecule has 1 unspecified atom stereocenters. The highest BCUT2D eigenvalue weighted by Gasteiger charge is 2.33. The molecule has 2 heterocycles. The maximum atomic E-state index is 15.3. The monoisotopic (exact) mass is 523 g/mol. The van der Waals surface area contributed by atoms with Crippen LogP contribution in [0.3, 0.4) is 0 Å². The third kappa shape index (κ3) is 4.49. The number of hydrogen-bond acceptors (Lipinski definition) is 5. The summed E-state index contributed by atoms with van der Waals surface area (Å²) in [5.41, 5.74) is 8.89. The molecule has 3 atom stereocenters. The van der Waals surface area contributed by atoms with Crippen molar-refractivity contribution in [1.82, 2.24) is 4.98 Å². The number of nitrogens with zero attached hydrogens (tertiary/aromatic N) is 1. The first kappa shape index (κ1) is 25.3. The molecule has 1 aliphatic carbocycles. The zero-order chi connectivity index (χ0) is 27.1. The molecule has 198 valence electrons. The SMILES string of the molecule is Cc1cc(-c2ccccn2)cc(C)c1-c1ccc(F)c2c1CC[C@H]2Oc1ccc2c(c1)OC[C@H]2C(C=O)CO. The summed E-state index contributed by atoms with van der Waals surface area (Å²) in [6.45, 7) is 4.31. The Balaban J connectivity index is 1.31. The number of hydrogen-bond donors (Lipinski definition) is 1. The Morgan fingerprint density at radius 3 is 2.67 bits per heavy atom. The number of rotatable bonds is 7. The maximum absolute atomic E-state index is 15.3. The molecule has 3 aromatic carbocycles. The summed E-state index contributed by atoms with van der Waals surface area (Å²) in [5, 5.41) is 9.53. The molecule has 4 aromatic rings. The van der Waals surface area contributed by atoms with E-state index in [0.717, 1.165) is 57.3 Å². The summed E-state index contributed by atoms with van der Waals surface area (Å²) < 4.78 is 27.4. The van der Waals surface area contributed by atoms with Crippen molar-refractivity contribution in [3.05, 3.63) is 100 Å². The minimum atomic E-state index is -0.503. The van der Waals surface area contributed by atoms with Gasteiger partial charge in [0.1, 0.15) is 29.7 Å². The fourth-order valence-electron chi connectivity index (χ4n) is 6.17. The molecule has 0 amide bonds. The Morgan fingerprint density at radius 1 is 1.13 bits per heavy atom. The average Bonchev–Trinajstić information content (AvgIpc) is 3.56. The average molecular weight is 524 g/mol. The maximum Gasteiger partial charge on any atom is 0.130 e. The smallest absolute Gasteiger partial charge is 0.130 e. The number of benzene rings is 3. The van der Waals surface area contributed by atoms with Crippen molar-refractivity contribution in [3.8, 4) is 33.9 Å². The summed E-state index contributed by atoms with van der Waals surface area (Å²) in [6, 6.07) is 19.1. The number of pyridine rings is 1. The molecule has 1 aromatic heterocycles. The van der Waals surface area contributed by atoms with Gasteiger partial charge in [-0.2, -0.15) is 0 Å². The molecule has 0 saturated heterocycles. The molecule has 0 spiro atoms. The van der Waals surface area contributed by atoms with Crippen LogP contribution in [0.25, 0.3) is 22.4 Å². The topological polar surface area (TPSA) is 68.7 Å². The van der Waals surface area contributed by atoms with Crippen molar-refractivity contribution in [2.45, 2.75) is 38.7 Å². The molecular weight excluding hydrogens is 493 g/mol. The van der Waals surface area contributed by atoms with Crippen LogP contribution in [0.1, 0.15) is 46.3 Å². The molecule has 1 aliphatic heterocycles. The Labute approximate surface area is 227 Å². The van der Waals surface area contributed by atoms with Crippen LogP contribution in [-0.4, -0.2) is 29.6 Å². The van der Waals surface area contributed by atoms with E-state index in [9.17, 15) is 9.90 Å². The van der Waals surface area contributed by atoms with Crippen molar-refractivity contribution < 1.29 is 23.8 Å². The zero-order valence-corrected chi connectivity index (χ0v) is 22.0. The molecule has 6 rings (SSSR count). The predicted octanol–water partition coefficient (Wildman–Crippen LogP) is 6.52. The Kier molecular flexibility index (Phi) is 6.65. The van der Waals surface area contributed by atoms with Crippen molar-refractivity contribution >= 4 is 6.29 Å². The van der Waals surface area contributed by atoms with Gasteiger partial charge in [-0.25, -0.2) is 4.39 Å². The quantitative estimate of drug-likeness (QED) is 0.279. The van der Waals surface area contributed by atoms with Gasteiger partial charge in [0.15, 0.2) is 0 Å². The van der Waals surface area contributed by atoms with Crippen LogP contribution in [0.2, 0.25) is 0 Å². The van der Waals surface area contributed by atoms with Gasteiger partial charge in [-0.3, -0.25) is 4.98 Å². The predicted molar refractivity (Wildman–Crippen MR) is 148 cm³/mol. The fraction of sp³-hybridized carbons (Fsp3) is 0.273. The number of aldehydes is 1. The van der Waals surface area contributed by atoms with Gasteiger partial charge in [-0.05, 0) is 90.9 Å². The second-order valence-corrected chi connectivity index (χ2v) is 10.4. The number of halogens is 1. The van der Waals surface area contributed by atoms with E-state index < -0.39 is 12.0 Å². The first-order valence-electron chi connectivity index (χ1n) is 13.3. The number of aryl methyl sites for hydroxylation is 2. The largest absolute Gasteiger partial charge is 0.492 e. The lowest BCUT2D eigenvalue weighted by Gasteiger charge is -2.19. The lowest BCUT2D eigenvalue weighted by Crippen LogP contribution is -2.19. The number of aromatic nitrogens is 1. The van der Waals surface area contributed by atoms with Gasteiger partial charge in [-0.15, -0.1) is 0 Å². The molecule has 5 nitrogen and oxygen atoms in total. The highest BCUT2D eigenvalue weighted by atomic mass is 19.1. The summed E-state index contributed by atoms with van der Waals surface area (Å²) in [5.74, 6) is 0.294. The second kappa shape index (κ2) is 10.3. The lowest BCUT2D eigenvalue weighted by molar-refractivity contribution is -0.112. The molecular formula is C33H30FNO4. The Bertz CT molecular complexity index is 1530. The fourth-order valence-corrected chi connectivity index (χ4v) is 6.17. The van der Waals surface area contributed by atoms with Crippen LogP contribution >= 0.6 is 0 Å². The van der Waals surface area contributed by atoms with E-state index in [2.05, 4.69) is 31.0 Å². The van der Waals surface area contributed by atoms with E-state index in [4.69, 9.17) is 9.47 Å². The van der Waals surface area contributed by atoms with Crippen molar-refractivity contribution in [3.63, 3.8) is 0 Å². The number of ether oxygens (including phenoxy) is 2. The molecule has 0 radical (unpaired) electrons. The molecule has 6 heteroatoms. The second-order valence-electron chi connectivity index (χ2n) is 10.4. The van der Waals surface area contributed by atoms with Crippen LogP contribution in [0.5, 0.6) is 11.5 Å². The van der Waals surface area contributed by atoms with Gasteiger partial charge < -0.3 is 19.4 Å². The van der Waals surface area contributed by atoms with Crippen molar-refractivity contribution in [2.24, 2.45) is 5.92 Å². The standard InChI is InChI=1S/C33H30FNO4/c1-19-13-21(29-5-3-4-12-35-29)14-20(2)32(19)25-8-10-28(34)33-26(25)9-11-30(33)39-23-6-7-24-27(22(16-36)17-37)18-38-31(24)15-23/h3-8,10,12-16,22,27,30,37H,9,11,17-18H2,1-2H3/t22?,27-,30+/m0/s1. The lowest BCUT2D eigenvalue weighted by atomic mass is 9.88. The summed E-state index contributed by atoms with van der Waals surface area (Å²) in [6.07, 6.45) is 3.55. The van der Waals surface area contributed by atoms with Crippen LogP contribution in [-0.2, 0) is 11.2 Å². The first-order chi connectivity index (χ1) is 19.0. The van der Waals surface area contributed by atoms with Crippen LogP contribution in [0, 0.1) is 25.6 Å². The first-order valence-corrected chi connectivity index (χ1v) is 13.3. The minimum Gasteiger partial charge on any atom is -0.492 e. The molecule has 0 fully saturated rings. The van der Waals surface area contributed by atoms with Crippen LogP contribution in [0.15, 0.2) is 66.9 Å². The Morgan fingerprint density at radius 2 is 1.95 bits per heavy atom. The van der Waals surface area contributed by atoms with Gasteiger partial charge in [0.25, 0.3) is 0 Å². The van der Waals surface area contributed by atoms with Gasteiger partial charge >= 0.3 is 0 Å². The Hall–Kier alpha value is -4.03. The third-order valence-corrected chi connectivity index (χ3v) is 8.03. The molecule has 0 saturated carbocycles. The van der Waals surface area contributed by atoms with E-state index in [-0.39, 0.29) is 18.3 Å². The number of aliphatic hydroxyl groups is 1. The van der Waals surface area contributed by atoms with Gasteiger partial charge in [-0.1, -0.05) is 18.2 Å². The van der Waals surface area contributed by atoms with E-state index in [1.807, 2.05) is 36.4 Å². The van der Waals surface area contributed by atoms with Gasteiger partial charge in [0.2, 0.25) is 0 Å². The van der Waals surface area contributed by atoms with E-state index in [1.54, 1.807) is 18.3 Å².